The predicted molar refractivity (Wildman–Crippen MR) is 92.8 cm³/mol. The van der Waals surface area contributed by atoms with Gasteiger partial charge >= 0.3 is 0 Å². The number of nitro groups is 1. The summed E-state index contributed by atoms with van der Waals surface area (Å²) < 4.78 is 5.07. The molecule has 0 aliphatic heterocycles. The molecule has 1 atom stereocenters. The summed E-state index contributed by atoms with van der Waals surface area (Å²) in [6.07, 6.45) is 0. The number of nitro benzene ring substituents is 1. The van der Waals surface area contributed by atoms with E-state index in [1.54, 1.807) is 25.1 Å². The molecule has 1 amide bonds. The number of nitrogens with zero attached hydrogens (tertiary/aromatic N) is 1. The lowest BCUT2D eigenvalue weighted by Crippen LogP contribution is -2.31. The smallest absolute Gasteiger partial charge is 0.269 e. The van der Waals surface area contributed by atoms with Crippen LogP contribution in [0.2, 0.25) is 5.02 Å². The molecule has 0 fully saturated rings. The number of carbonyl (C=O) groups excluding carboxylic acids is 1. The van der Waals surface area contributed by atoms with Gasteiger partial charge in [-0.15, -0.1) is 0 Å². The van der Waals surface area contributed by atoms with Crippen molar-refractivity contribution in [2.45, 2.75) is 13.0 Å². The van der Waals surface area contributed by atoms with E-state index in [9.17, 15) is 14.9 Å². The number of methoxy groups -OCH3 is 1. The van der Waals surface area contributed by atoms with Crippen LogP contribution in [-0.2, 0) is 4.79 Å². The van der Waals surface area contributed by atoms with Gasteiger partial charge in [-0.3, -0.25) is 14.9 Å². The van der Waals surface area contributed by atoms with Crippen molar-refractivity contribution in [1.82, 2.24) is 0 Å². The van der Waals surface area contributed by atoms with E-state index in [0.717, 1.165) is 0 Å². The van der Waals surface area contributed by atoms with Crippen LogP contribution in [0.4, 0.5) is 17.1 Å². The minimum Gasteiger partial charge on any atom is -0.495 e. The van der Waals surface area contributed by atoms with Gasteiger partial charge < -0.3 is 15.4 Å². The molecule has 0 heterocycles. The number of nitrogens with one attached hydrogen (secondary N) is 2. The highest BCUT2D eigenvalue weighted by Crippen LogP contribution is 2.27. The number of anilines is 2. The third kappa shape index (κ3) is 4.36. The highest BCUT2D eigenvalue weighted by Gasteiger charge is 2.14. The quantitative estimate of drug-likeness (QED) is 0.612. The second-order valence-electron chi connectivity index (χ2n) is 5.01. The molecule has 0 radical (unpaired) electrons. The third-order valence-corrected chi connectivity index (χ3v) is 3.57. The number of carbonyl (C=O) groups is 1. The molecule has 24 heavy (non-hydrogen) atoms. The van der Waals surface area contributed by atoms with Crippen LogP contribution in [0.25, 0.3) is 0 Å². The molecule has 0 aliphatic carbocycles. The van der Waals surface area contributed by atoms with E-state index in [-0.39, 0.29) is 11.6 Å². The summed E-state index contributed by atoms with van der Waals surface area (Å²) in [6, 6.07) is 10.2. The third-order valence-electron chi connectivity index (χ3n) is 3.27. The first-order valence-corrected chi connectivity index (χ1v) is 7.44. The molecule has 0 aromatic heterocycles. The lowest BCUT2D eigenvalue weighted by atomic mass is 10.2. The zero-order valence-corrected chi connectivity index (χ0v) is 13.8. The number of hydrogen-bond donors (Lipinski definition) is 2. The summed E-state index contributed by atoms with van der Waals surface area (Å²) in [4.78, 5) is 22.3. The van der Waals surface area contributed by atoms with Crippen LogP contribution in [0.3, 0.4) is 0 Å². The van der Waals surface area contributed by atoms with Crippen LogP contribution in [-0.4, -0.2) is 24.0 Å². The van der Waals surface area contributed by atoms with Crippen LogP contribution in [0.1, 0.15) is 6.92 Å². The number of hydrogen-bond acceptors (Lipinski definition) is 5. The molecule has 7 nitrogen and oxygen atoms in total. The second kappa shape index (κ2) is 7.65. The lowest BCUT2D eigenvalue weighted by Gasteiger charge is -2.16. The Hall–Kier alpha value is -2.80. The molecule has 2 aromatic carbocycles. The van der Waals surface area contributed by atoms with Gasteiger partial charge in [0.25, 0.3) is 5.69 Å². The summed E-state index contributed by atoms with van der Waals surface area (Å²) >= 11 is 6.04. The molecule has 0 spiro atoms. The number of benzene rings is 2. The van der Waals surface area contributed by atoms with Crippen molar-refractivity contribution in [3.05, 3.63) is 57.6 Å². The average molecular weight is 350 g/mol. The second-order valence-corrected chi connectivity index (χ2v) is 5.42. The van der Waals surface area contributed by atoms with E-state index < -0.39 is 11.0 Å². The average Bonchev–Trinajstić information content (AvgIpc) is 2.55. The van der Waals surface area contributed by atoms with E-state index in [0.29, 0.717) is 22.1 Å². The number of amides is 1. The zero-order valence-electron chi connectivity index (χ0n) is 13.1. The van der Waals surface area contributed by atoms with E-state index in [1.165, 1.54) is 31.4 Å². The fraction of sp³-hybridized carbons (Fsp3) is 0.188. The van der Waals surface area contributed by atoms with E-state index in [1.807, 2.05) is 0 Å². The predicted octanol–water partition coefficient (Wildman–Crippen LogP) is 3.70. The Morgan fingerprint density at radius 2 is 1.83 bits per heavy atom. The van der Waals surface area contributed by atoms with Crippen molar-refractivity contribution < 1.29 is 14.5 Å². The monoisotopic (exact) mass is 349 g/mol. The van der Waals surface area contributed by atoms with Crippen LogP contribution in [0.15, 0.2) is 42.5 Å². The number of non-ortho nitro benzene ring substituents is 1. The minimum atomic E-state index is -0.537. The number of rotatable bonds is 6. The maximum atomic E-state index is 12.2. The summed E-state index contributed by atoms with van der Waals surface area (Å²) in [5.41, 5.74) is 1.12. The van der Waals surface area contributed by atoms with Gasteiger partial charge in [0.05, 0.1) is 17.1 Å². The van der Waals surface area contributed by atoms with Gasteiger partial charge in [0.15, 0.2) is 0 Å². The van der Waals surface area contributed by atoms with Gasteiger partial charge in [-0.2, -0.15) is 0 Å². The minimum absolute atomic E-state index is 0.0351. The molecule has 126 valence electrons. The summed E-state index contributed by atoms with van der Waals surface area (Å²) in [7, 11) is 1.52. The molecule has 1 unspecified atom stereocenters. The molecule has 0 aliphatic rings. The number of halogens is 1. The maximum Gasteiger partial charge on any atom is 0.269 e. The fourth-order valence-corrected chi connectivity index (χ4v) is 2.25. The molecule has 0 saturated carbocycles. The normalized spacial score (nSPS) is 11.5. The largest absolute Gasteiger partial charge is 0.495 e. The van der Waals surface area contributed by atoms with Crippen molar-refractivity contribution in [2.75, 3.05) is 17.7 Å². The summed E-state index contributed by atoms with van der Waals surface area (Å²) in [5.74, 6) is 0.265. The van der Waals surface area contributed by atoms with Crippen molar-refractivity contribution in [1.29, 1.82) is 0 Å². The summed E-state index contributed by atoms with van der Waals surface area (Å²) in [6.45, 7) is 1.69. The molecule has 0 bridgehead atoms. The maximum absolute atomic E-state index is 12.2. The Kier molecular flexibility index (Phi) is 5.59. The van der Waals surface area contributed by atoms with Gasteiger partial charge in [-0.05, 0) is 37.3 Å². The molecule has 2 rings (SSSR count). The standard InChI is InChI=1S/C16H16ClN3O4/c1-10(18-12-5-8-15(24-2)14(17)9-12)16(21)19-11-3-6-13(7-4-11)20(22)23/h3-10,18H,1-2H3,(H,19,21). The van der Waals surface area contributed by atoms with Crippen LogP contribution >= 0.6 is 11.6 Å². The van der Waals surface area contributed by atoms with Gasteiger partial charge in [0.1, 0.15) is 11.8 Å². The fourth-order valence-electron chi connectivity index (χ4n) is 1.99. The first-order valence-electron chi connectivity index (χ1n) is 7.06. The van der Waals surface area contributed by atoms with Crippen LogP contribution < -0.4 is 15.4 Å². The van der Waals surface area contributed by atoms with E-state index >= 15 is 0 Å². The summed E-state index contributed by atoms with van der Waals surface area (Å²) in [5, 5.41) is 16.8. The lowest BCUT2D eigenvalue weighted by molar-refractivity contribution is -0.384. The van der Waals surface area contributed by atoms with Gasteiger partial charge in [-0.25, -0.2) is 0 Å². The highest BCUT2D eigenvalue weighted by atomic mass is 35.5. The van der Waals surface area contributed by atoms with Crippen molar-refractivity contribution in [2.24, 2.45) is 0 Å². The van der Waals surface area contributed by atoms with E-state index in [4.69, 9.17) is 16.3 Å². The topological polar surface area (TPSA) is 93.5 Å². The molecule has 0 saturated heterocycles. The highest BCUT2D eigenvalue weighted by molar-refractivity contribution is 6.32. The first-order chi connectivity index (χ1) is 11.4. The molecule has 2 N–H and O–H groups in total. The van der Waals surface area contributed by atoms with Crippen LogP contribution in [0, 0.1) is 10.1 Å². The Labute approximate surface area is 143 Å². The molecule has 8 heteroatoms. The Balaban J connectivity index is 1.99. The van der Waals surface area contributed by atoms with Gasteiger partial charge in [0.2, 0.25) is 5.91 Å². The number of ether oxygens (including phenoxy) is 1. The molecular weight excluding hydrogens is 334 g/mol. The Morgan fingerprint density at radius 3 is 2.38 bits per heavy atom. The molecule has 2 aromatic rings. The first kappa shape index (κ1) is 17.6. The van der Waals surface area contributed by atoms with Crippen molar-refractivity contribution in [3.63, 3.8) is 0 Å². The molecular formula is C16H16ClN3O4. The van der Waals surface area contributed by atoms with Gasteiger partial charge in [0, 0.05) is 23.5 Å². The Bertz CT molecular complexity index is 749. The Morgan fingerprint density at radius 1 is 1.21 bits per heavy atom. The zero-order chi connectivity index (χ0) is 17.7. The van der Waals surface area contributed by atoms with Crippen molar-refractivity contribution >= 4 is 34.6 Å². The van der Waals surface area contributed by atoms with Crippen LogP contribution in [0.5, 0.6) is 5.75 Å². The van der Waals surface area contributed by atoms with Crippen molar-refractivity contribution in [3.8, 4) is 5.75 Å². The van der Waals surface area contributed by atoms with E-state index in [2.05, 4.69) is 10.6 Å². The van der Waals surface area contributed by atoms with Gasteiger partial charge in [-0.1, -0.05) is 11.6 Å². The SMILES string of the molecule is COc1ccc(NC(C)C(=O)Nc2ccc([N+](=O)[O-])cc2)cc1Cl.